The summed E-state index contributed by atoms with van der Waals surface area (Å²) in [6.07, 6.45) is 2.96. The van der Waals surface area contributed by atoms with E-state index < -0.39 is 0 Å². The molecule has 0 aliphatic rings. The van der Waals surface area contributed by atoms with Crippen LogP contribution in [0.4, 0.5) is 4.79 Å². The molecular formula is C11H19N3O2. The Morgan fingerprint density at radius 3 is 2.56 bits per heavy atom. The van der Waals surface area contributed by atoms with Crippen LogP contribution >= 0.6 is 0 Å². The first-order valence-corrected chi connectivity index (χ1v) is 5.59. The van der Waals surface area contributed by atoms with Crippen molar-refractivity contribution in [3.63, 3.8) is 0 Å². The summed E-state index contributed by atoms with van der Waals surface area (Å²) >= 11 is 0. The van der Waals surface area contributed by atoms with Crippen LogP contribution in [0.3, 0.4) is 0 Å². The van der Waals surface area contributed by atoms with Crippen molar-refractivity contribution in [2.24, 2.45) is 0 Å². The number of carbonyl (C=O) groups excluding carboxylic acids is 1. The van der Waals surface area contributed by atoms with Gasteiger partial charge in [-0.2, -0.15) is 5.10 Å². The van der Waals surface area contributed by atoms with E-state index in [9.17, 15) is 4.79 Å². The van der Waals surface area contributed by atoms with E-state index in [4.69, 9.17) is 4.74 Å². The van der Waals surface area contributed by atoms with Gasteiger partial charge in [-0.1, -0.05) is 0 Å². The Morgan fingerprint density at radius 1 is 1.50 bits per heavy atom. The van der Waals surface area contributed by atoms with Crippen LogP contribution in [-0.4, -0.2) is 33.9 Å². The lowest BCUT2D eigenvalue weighted by atomic mass is 10.4. The number of carbonyl (C=O) groups is 1. The molecule has 1 amide bonds. The van der Waals surface area contributed by atoms with Gasteiger partial charge in [-0.05, 0) is 27.7 Å². The van der Waals surface area contributed by atoms with Gasteiger partial charge in [-0.3, -0.25) is 4.68 Å². The quantitative estimate of drug-likeness (QED) is 0.790. The Kier molecular flexibility index (Phi) is 4.34. The Morgan fingerprint density at radius 2 is 2.12 bits per heavy atom. The SMILES string of the molecule is CCN(CC)C(=O)Oc1cnn(C(C)C)c1. The summed E-state index contributed by atoms with van der Waals surface area (Å²) in [6.45, 7) is 9.16. The lowest BCUT2D eigenvalue weighted by molar-refractivity contribution is 0.157. The van der Waals surface area contributed by atoms with Gasteiger partial charge in [0.2, 0.25) is 0 Å². The zero-order valence-corrected chi connectivity index (χ0v) is 10.3. The van der Waals surface area contributed by atoms with Gasteiger partial charge in [0.25, 0.3) is 0 Å². The molecule has 1 aromatic rings. The standard InChI is InChI=1S/C11H19N3O2/c1-5-13(6-2)11(15)16-10-7-12-14(8-10)9(3)4/h7-9H,5-6H2,1-4H3. The topological polar surface area (TPSA) is 47.4 Å². The van der Waals surface area contributed by atoms with E-state index in [0.29, 0.717) is 18.8 Å². The van der Waals surface area contributed by atoms with Gasteiger partial charge in [0.05, 0.1) is 12.4 Å². The van der Waals surface area contributed by atoms with Crippen molar-refractivity contribution in [1.29, 1.82) is 0 Å². The van der Waals surface area contributed by atoms with E-state index in [1.165, 1.54) is 0 Å². The maximum absolute atomic E-state index is 11.6. The van der Waals surface area contributed by atoms with Crippen molar-refractivity contribution < 1.29 is 9.53 Å². The van der Waals surface area contributed by atoms with E-state index in [2.05, 4.69) is 5.10 Å². The molecule has 5 nitrogen and oxygen atoms in total. The second kappa shape index (κ2) is 5.53. The zero-order chi connectivity index (χ0) is 12.1. The lowest BCUT2D eigenvalue weighted by Crippen LogP contribution is -2.32. The minimum absolute atomic E-state index is 0.265. The van der Waals surface area contributed by atoms with Gasteiger partial charge in [0.1, 0.15) is 0 Å². The largest absolute Gasteiger partial charge is 0.415 e. The molecule has 1 heterocycles. The Bertz CT molecular complexity index is 343. The summed E-state index contributed by atoms with van der Waals surface area (Å²) < 4.78 is 6.95. The summed E-state index contributed by atoms with van der Waals surface area (Å²) in [7, 11) is 0. The third-order valence-corrected chi connectivity index (χ3v) is 2.33. The molecule has 1 rings (SSSR count). The maximum atomic E-state index is 11.6. The predicted octanol–water partition coefficient (Wildman–Crippen LogP) is 2.30. The van der Waals surface area contributed by atoms with Crippen LogP contribution in [0.2, 0.25) is 0 Å². The summed E-state index contributed by atoms with van der Waals surface area (Å²) in [5, 5.41) is 4.10. The Labute approximate surface area is 96.0 Å². The lowest BCUT2D eigenvalue weighted by Gasteiger charge is -2.16. The van der Waals surface area contributed by atoms with Gasteiger partial charge < -0.3 is 9.64 Å². The highest BCUT2D eigenvalue weighted by atomic mass is 16.6. The van der Waals surface area contributed by atoms with Crippen LogP contribution < -0.4 is 4.74 Å². The first kappa shape index (κ1) is 12.5. The molecule has 0 radical (unpaired) electrons. The van der Waals surface area contributed by atoms with Crippen LogP contribution in [0.1, 0.15) is 33.7 Å². The molecule has 0 atom stereocenters. The van der Waals surface area contributed by atoms with E-state index in [1.54, 1.807) is 22.0 Å². The maximum Gasteiger partial charge on any atom is 0.415 e. The molecule has 0 bridgehead atoms. The number of hydrogen-bond acceptors (Lipinski definition) is 3. The molecule has 0 N–H and O–H groups in total. The van der Waals surface area contributed by atoms with Gasteiger partial charge in [0.15, 0.2) is 5.75 Å². The smallest absolute Gasteiger partial charge is 0.407 e. The van der Waals surface area contributed by atoms with Crippen LogP contribution in [0, 0.1) is 0 Å². The number of rotatable bonds is 4. The highest BCUT2D eigenvalue weighted by molar-refractivity contribution is 5.70. The Balaban J connectivity index is 2.62. The highest BCUT2D eigenvalue weighted by Crippen LogP contribution is 2.13. The first-order chi connectivity index (χ1) is 7.58. The van der Waals surface area contributed by atoms with Crippen molar-refractivity contribution in [3.8, 4) is 5.75 Å². The third-order valence-electron chi connectivity index (χ3n) is 2.33. The number of hydrogen-bond donors (Lipinski definition) is 0. The third kappa shape index (κ3) is 2.98. The Hall–Kier alpha value is -1.52. The number of ether oxygens (including phenoxy) is 1. The average molecular weight is 225 g/mol. The number of nitrogens with zero attached hydrogens (tertiary/aromatic N) is 3. The molecule has 0 fully saturated rings. The molecule has 0 spiro atoms. The fourth-order valence-corrected chi connectivity index (χ4v) is 1.30. The summed E-state index contributed by atoms with van der Waals surface area (Å²) in [4.78, 5) is 13.2. The van der Waals surface area contributed by atoms with Crippen molar-refractivity contribution in [3.05, 3.63) is 12.4 Å². The molecule has 1 aromatic heterocycles. The molecule has 0 saturated carbocycles. The number of aromatic nitrogens is 2. The molecule has 5 heteroatoms. The highest BCUT2D eigenvalue weighted by Gasteiger charge is 2.13. The van der Waals surface area contributed by atoms with E-state index in [-0.39, 0.29) is 12.1 Å². The minimum Gasteiger partial charge on any atom is -0.407 e. The number of amides is 1. The van der Waals surface area contributed by atoms with E-state index >= 15 is 0 Å². The normalized spacial score (nSPS) is 10.6. The van der Waals surface area contributed by atoms with E-state index in [1.807, 2.05) is 27.7 Å². The van der Waals surface area contributed by atoms with Crippen LogP contribution in [0.15, 0.2) is 12.4 Å². The van der Waals surface area contributed by atoms with Crippen LogP contribution in [0.25, 0.3) is 0 Å². The molecule has 0 aromatic carbocycles. The van der Waals surface area contributed by atoms with Crippen molar-refractivity contribution in [2.45, 2.75) is 33.7 Å². The van der Waals surface area contributed by atoms with Crippen LogP contribution in [0.5, 0.6) is 5.75 Å². The second-order valence-electron chi connectivity index (χ2n) is 3.79. The van der Waals surface area contributed by atoms with Gasteiger partial charge >= 0.3 is 6.09 Å². The fourth-order valence-electron chi connectivity index (χ4n) is 1.30. The molecule has 90 valence electrons. The average Bonchev–Trinajstić information content (AvgIpc) is 2.68. The molecule has 0 aliphatic heterocycles. The minimum atomic E-state index is -0.326. The fraction of sp³-hybridized carbons (Fsp3) is 0.636. The second-order valence-corrected chi connectivity index (χ2v) is 3.79. The molecule has 16 heavy (non-hydrogen) atoms. The molecule has 0 aliphatic carbocycles. The van der Waals surface area contributed by atoms with Crippen molar-refractivity contribution >= 4 is 6.09 Å². The van der Waals surface area contributed by atoms with E-state index in [0.717, 1.165) is 0 Å². The molecular weight excluding hydrogens is 206 g/mol. The summed E-state index contributed by atoms with van der Waals surface area (Å²) in [5.74, 6) is 0.491. The molecule has 0 unspecified atom stereocenters. The van der Waals surface area contributed by atoms with Crippen molar-refractivity contribution in [2.75, 3.05) is 13.1 Å². The predicted molar refractivity (Wildman–Crippen MR) is 61.6 cm³/mol. The van der Waals surface area contributed by atoms with Gasteiger partial charge in [-0.15, -0.1) is 0 Å². The monoisotopic (exact) mass is 225 g/mol. The summed E-state index contributed by atoms with van der Waals surface area (Å²) in [5.41, 5.74) is 0. The van der Waals surface area contributed by atoms with Gasteiger partial charge in [0, 0.05) is 19.1 Å². The first-order valence-electron chi connectivity index (χ1n) is 5.59. The molecule has 0 saturated heterocycles. The summed E-state index contributed by atoms with van der Waals surface area (Å²) in [6, 6.07) is 0.265. The van der Waals surface area contributed by atoms with Gasteiger partial charge in [-0.25, -0.2) is 4.79 Å². The van der Waals surface area contributed by atoms with Crippen molar-refractivity contribution in [1.82, 2.24) is 14.7 Å². The van der Waals surface area contributed by atoms with Crippen LogP contribution in [-0.2, 0) is 0 Å². The zero-order valence-electron chi connectivity index (χ0n) is 10.3.